The standard InChI is InChI=1S/C12H10BrFN2S/c13-9-2-1-5-16-12(9)17-11-4-3-8(7-15)6-10(11)14/h1-6H,7,15H2. The molecule has 0 atom stereocenters. The van der Waals surface area contributed by atoms with Gasteiger partial charge >= 0.3 is 0 Å². The SMILES string of the molecule is NCc1ccc(Sc2ncccc2Br)c(F)c1. The molecule has 2 rings (SSSR count). The van der Waals surface area contributed by atoms with Crippen LogP contribution in [0.4, 0.5) is 4.39 Å². The highest BCUT2D eigenvalue weighted by Crippen LogP contribution is 2.33. The minimum Gasteiger partial charge on any atom is -0.326 e. The number of benzene rings is 1. The van der Waals surface area contributed by atoms with E-state index in [9.17, 15) is 4.39 Å². The maximum absolute atomic E-state index is 13.7. The van der Waals surface area contributed by atoms with E-state index in [0.29, 0.717) is 11.4 Å². The molecule has 0 fully saturated rings. The van der Waals surface area contributed by atoms with Crippen molar-refractivity contribution >= 4 is 27.7 Å². The Balaban J connectivity index is 2.28. The van der Waals surface area contributed by atoms with Gasteiger partial charge in [0.2, 0.25) is 0 Å². The zero-order valence-corrected chi connectivity index (χ0v) is 11.3. The third kappa shape index (κ3) is 3.06. The molecule has 88 valence electrons. The van der Waals surface area contributed by atoms with Crippen LogP contribution >= 0.6 is 27.7 Å². The van der Waals surface area contributed by atoms with Crippen LogP contribution in [0.25, 0.3) is 0 Å². The fourth-order valence-corrected chi connectivity index (χ4v) is 2.58. The molecule has 1 heterocycles. The van der Waals surface area contributed by atoms with Crippen molar-refractivity contribution in [3.05, 3.63) is 52.4 Å². The van der Waals surface area contributed by atoms with Gasteiger partial charge in [0, 0.05) is 17.6 Å². The first-order valence-electron chi connectivity index (χ1n) is 4.97. The van der Waals surface area contributed by atoms with Gasteiger partial charge in [0.25, 0.3) is 0 Å². The molecule has 0 aliphatic carbocycles. The Morgan fingerprint density at radius 1 is 1.35 bits per heavy atom. The second kappa shape index (κ2) is 5.62. The monoisotopic (exact) mass is 312 g/mol. The number of nitrogens with zero attached hydrogens (tertiary/aromatic N) is 1. The van der Waals surface area contributed by atoms with Crippen LogP contribution in [0.5, 0.6) is 0 Å². The molecule has 2 nitrogen and oxygen atoms in total. The third-order valence-electron chi connectivity index (χ3n) is 2.16. The zero-order valence-electron chi connectivity index (χ0n) is 8.86. The minimum atomic E-state index is -0.268. The largest absolute Gasteiger partial charge is 0.326 e. The summed E-state index contributed by atoms with van der Waals surface area (Å²) in [6, 6.07) is 8.70. The Labute approximate surface area is 112 Å². The number of nitrogens with two attached hydrogens (primary N) is 1. The number of pyridine rings is 1. The van der Waals surface area contributed by atoms with Crippen molar-refractivity contribution in [1.29, 1.82) is 0 Å². The molecule has 0 saturated carbocycles. The fourth-order valence-electron chi connectivity index (χ4n) is 1.30. The van der Waals surface area contributed by atoms with Crippen LogP contribution in [-0.2, 0) is 6.54 Å². The Morgan fingerprint density at radius 2 is 2.18 bits per heavy atom. The average Bonchev–Trinajstić information content (AvgIpc) is 2.34. The Hall–Kier alpha value is -0.910. The van der Waals surface area contributed by atoms with E-state index in [1.807, 2.05) is 18.2 Å². The molecule has 0 unspecified atom stereocenters. The van der Waals surface area contributed by atoms with E-state index in [1.54, 1.807) is 12.3 Å². The summed E-state index contributed by atoms with van der Waals surface area (Å²) in [6.45, 7) is 0.342. The quantitative estimate of drug-likeness (QED) is 0.941. The van der Waals surface area contributed by atoms with E-state index < -0.39 is 0 Å². The van der Waals surface area contributed by atoms with Gasteiger partial charge in [-0.1, -0.05) is 17.8 Å². The predicted molar refractivity (Wildman–Crippen MR) is 70.4 cm³/mol. The van der Waals surface area contributed by atoms with Crippen LogP contribution in [0, 0.1) is 5.82 Å². The maximum Gasteiger partial charge on any atom is 0.137 e. The van der Waals surface area contributed by atoms with Gasteiger partial charge in [-0.25, -0.2) is 9.37 Å². The molecule has 0 amide bonds. The van der Waals surface area contributed by atoms with Crippen LogP contribution in [0.3, 0.4) is 0 Å². The molecule has 0 bridgehead atoms. The normalized spacial score (nSPS) is 10.5. The molecule has 0 radical (unpaired) electrons. The molecule has 17 heavy (non-hydrogen) atoms. The summed E-state index contributed by atoms with van der Waals surface area (Å²) in [7, 11) is 0. The first-order chi connectivity index (χ1) is 8.20. The number of rotatable bonds is 3. The van der Waals surface area contributed by atoms with Crippen LogP contribution < -0.4 is 5.73 Å². The second-order valence-corrected chi connectivity index (χ2v) is 5.25. The fraction of sp³-hybridized carbons (Fsp3) is 0.0833. The lowest BCUT2D eigenvalue weighted by molar-refractivity contribution is 0.599. The highest BCUT2D eigenvalue weighted by Gasteiger charge is 2.08. The van der Waals surface area contributed by atoms with Gasteiger partial charge in [-0.15, -0.1) is 0 Å². The molecule has 0 aliphatic heterocycles. The van der Waals surface area contributed by atoms with Crippen molar-refractivity contribution < 1.29 is 4.39 Å². The molecular weight excluding hydrogens is 303 g/mol. The summed E-state index contributed by atoms with van der Waals surface area (Å²) < 4.78 is 14.6. The van der Waals surface area contributed by atoms with Gasteiger partial charge in [-0.2, -0.15) is 0 Å². The van der Waals surface area contributed by atoms with Gasteiger partial charge in [-0.05, 0) is 45.8 Å². The van der Waals surface area contributed by atoms with E-state index in [1.165, 1.54) is 17.8 Å². The van der Waals surface area contributed by atoms with E-state index in [0.717, 1.165) is 15.1 Å². The Morgan fingerprint density at radius 3 is 2.82 bits per heavy atom. The summed E-state index contributed by atoms with van der Waals surface area (Å²) in [4.78, 5) is 4.73. The van der Waals surface area contributed by atoms with Crippen LogP contribution in [0.2, 0.25) is 0 Å². The molecule has 1 aromatic heterocycles. The molecule has 1 aromatic carbocycles. The van der Waals surface area contributed by atoms with Gasteiger partial charge in [0.05, 0.1) is 4.47 Å². The lowest BCUT2D eigenvalue weighted by Gasteiger charge is -2.05. The lowest BCUT2D eigenvalue weighted by Crippen LogP contribution is -1.97. The Kier molecular flexibility index (Phi) is 4.15. The van der Waals surface area contributed by atoms with Crippen molar-refractivity contribution in [2.45, 2.75) is 16.5 Å². The summed E-state index contributed by atoms with van der Waals surface area (Å²) in [5.74, 6) is -0.268. The molecule has 5 heteroatoms. The number of aromatic nitrogens is 1. The molecule has 2 N–H and O–H groups in total. The number of hydrogen-bond donors (Lipinski definition) is 1. The summed E-state index contributed by atoms with van der Waals surface area (Å²) in [6.07, 6.45) is 1.68. The van der Waals surface area contributed by atoms with Gasteiger partial charge < -0.3 is 5.73 Å². The average molecular weight is 313 g/mol. The highest BCUT2D eigenvalue weighted by molar-refractivity contribution is 9.10. The van der Waals surface area contributed by atoms with E-state index in [-0.39, 0.29) is 5.82 Å². The van der Waals surface area contributed by atoms with Crippen molar-refractivity contribution in [3.63, 3.8) is 0 Å². The molecular formula is C12H10BrFN2S. The van der Waals surface area contributed by atoms with Crippen molar-refractivity contribution in [3.8, 4) is 0 Å². The molecule has 2 aromatic rings. The molecule has 0 saturated heterocycles. The number of hydrogen-bond acceptors (Lipinski definition) is 3. The lowest BCUT2D eigenvalue weighted by atomic mass is 10.2. The van der Waals surface area contributed by atoms with Crippen LogP contribution in [0.15, 0.2) is 50.9 Å². The maximum atomic E-state index is 13.7. The van der Waals surface area contributed by atoms with Gasteiger partial charge in [0.15, 0.2) is 0 Å². The van der Waals surface area contributed by atoms with Crippen molar-refractivity contribution in [2.24, 2.45) is 5.73 Å². The summed E-state index contributed by atoms with van der Waals surface area (Å²) in [5, 5.41) is 0.742. The smallest absolute Gasteiger partial charge is 0.137 e. The second-order valence-electron chi connectivity index (χ2n) is 3.36. The predicted octanol–water partition coefficient (Wildman–Crippen LogP) is 3.59. The van der Waals surface area contributed by atoms with Crippen molar-refractivity contribution in [1.82, 2.24) is 4.98 Å². The topological polar surface area (TPSA) is 38.9 Å². The molecule has 0 aliphatic rings. The highest BCUT2D eigenvalue weighted by atomic mass is 79.9. The Bertz CT molecular complexity index is 534. The summed E-state index contributed by atoms with van der Waals surface area (Å²) >= 11 is 4.67. The van der Waals surface area contributed by atoms with Gasteiger partial charge in [-0.3, -0.25) is 0 Å². The number of halogens is 2. The van der Waals surface area contributed by atoms with Crippen LogP contribution in [0.1, 0.15) is 5.56 Å². The minimum absolute atomic E-state index is 0.268. The van der Waals surface area contributed by atoms with Crippen LogP contribution in [-0.4, -0.2) is 4.98 Å². The van der Waals surface area contributed by atoms with Gasteiger partial charge in [0.1, 0.15) is 10.8 Å². The van der Waals surface area contributed by atoms with E-state index in [4.69, 9.17) is 5.73 Å². The molecule has 0 spiro atoms. The first kappa shape index (κ1) is 12.5. The van der Waals surface area contributed by atoms with E-state index >= 15 is 0 Å². The summed E-state index contributed by atoms with van der Waals surface area (Å²) in [5.41, 5.74) is 6.24. The van der Waals surface area contributed by atoms with E-state index in [2.05, 4.69) is 20.9 Å². The zero-order chi connectivity index (χ0) is 12.3. The third-order valence-corrected chi connectivity index (χ3v) is 4.14. The first-order valence-corrected chi connectivity index (χ1v) is 6.58. The van der Waals surface area contributed by atoms with Crippen molar-refractivity contribution in [2.75, 3.05) is 0 Å².